The number of likely N-dealkylation sites (tertiary alicyclic amines) is 1. The molecule has 1 unspecified atom stereocenters. The van der Waals surface area contributed by atoms with Crippen LogP contribution in [-0.4, -0.2) is 17.0 Å². The molecule has 0 bridgehead atoms. The number of hydrogen-bond acceptors (Lipinski definition) is 1. The summed E-state index contributed by atoms with van der Waals surface area (Å²) in [5.74, 6) is 0.942. The van der Waals surface area contributed by atoms with Gasteiger partial charge in [-0.15, -0.1) is 0 Å². The van der Waals surface area contributed by atoms with Crippen molar-refractivity contribution in [3.05, 3.63) is 35.9 Å². The number of benzene rings is 1. The molecule has 2 aliphatic rings. The largest absolute Gasteiger partial charge is 0.291 e. The molecule has 1 saturated heterocycles. The lowest BCUT2D eigenvalue weighted by Gasteiger charge is -2.45. The molecule has 1 aromatic carbocycles. The van der Waals surface area contributed by atoms with Gasteiger partial charge < -0.3 is 0 Å². The Balaban J connectivity index is 1.84. The van der Waals surface area contributed by atoms with Crippen molar-refractivity contribution in [2.45, 2.75) is 57.5 Å². The summed E-state index contributed by atoms with van der Waals surface area (Å²) in [5.41, 5.74) is 1.94. The van der Waals surface area contributed by atoms with E-state index in [2.05, 4.69) is 49.1 Å². The van der Waals surface area contributed by atoms with E-state index in [0.29, 0.717) is 11.6 Å². The first kappa shape index (κ1) is 12.2. The van der Waals surface area contributed by atoms with Crippen LogP contribution in [0.5, 0.6) is 0 Å². The first-order valence-corrected chi connectivity index (χ1v) is 7.53. The van der Waals surface area contributed by atoms with Crippen LogP contribution in [0.1, 0.15) is 57.6 Å². The average molecular weight is 243 g/mol. The van der Waals surface area contributed by atoms with E-state index in [1.165, 1.54) is 44.2 Å². The van der Waals surface area contributed by atoms with E-state index in [4.69, 9.17) is 0 Å². The van der Waals surface area contributed by atoms with Gasteiger partial charge >= 0.3 is 0 Å². The molecule has 0 amide bonds. The van der Waals surface area contributed by atoms with Crippen molar-refractivity contribution in [3.63, 3.8) is 0 Å². The van der Waals surface area contributed by atoms with Gasteiger partial charge in [-0.25, -0.2) is 0 Å². The predicted molar refractivity (Wildman–Crippen MR) is 76.5 cm³/mol. The van der Waals surface area contributed by atoms with Gasteiger partial charge in [-0.1, -0.05) is 43.2 Å². The second-order valence-corrected chi connectivity index (χ2v) is 6.37. The highest BCUT2D eigenvalue weighted by Crippen LogP contribution is 2.48. The van der Waals surface area contributed by atoms with Crippen molar-refractivity contribution < 1.29 is 0 Å². The first-order chi connectivity index (χ1) is 8.72. The lowest BCUT2D eigenvalue weighted by atomic mass is 9.74. The molecule has 1 aromatic rings. The van der Waals surface area contributed by atoms with Gasteiger partial charge in [-0.05, 0) is 51.1 Å². The molecule has 1 saturated carbocycles. The topological polar surface area (TPSA) is 3.24 Å². The summed E-state index contributed by atoms with van der Waals surface area (Å²) in [6, 6.07) is 11.6. The fourth-order valence-corrected chi connectivity index (χ4v) is 4.32. The van der Waals surface area contributed by atoms with Gasteiger partial charge in [0.2, 0.25) is 0 Å². The van der Waals surface area contributed by atoms with Crippen molar-refractivity contribution in [2.75, 3.05) is 6.54 Å². The van der Waals surface area contributed by atoms with Gasteiger partial charge in [0, 0.05) is 11.6 Å². The molecule has 1 nitrogen and oxygen atoms in total. The Morgan fingerprint density at radius 1 is 1.17 bits per heavy atom. The minimum atomic E-state index is 0.466. The normalized spacial score (nSPS) is 34.2. The molecule has 3 atom stereocenters. The van der Waals surface area contributed by atoms with Crippen LogP contribution in [0.15, 0.2) is 30.3 Å². The SMILES string of the molecule is CC(c1ccccc1)N1CC[C@@H]2CCCC[C@@]21C. The van der Waals surface area contributed by atoms with E-state index < -0.39 is 0 Å². The Morgan fingerprint density at radius 3 is 2.72 bits per heavy atom. The summed E-state index contributed by atoms with van der Waals surface area (Å²) < 4.78 is 0. The zero-order valence-corrected chi connectivity index (χ0v) is 11.7. The summed E-state index contributed by atoms with van der Waals surface area (Å²) in [5, 5.41) is 0. The third-order valence-corrected chi connectivity index (χ3v) is 5.49. The van der Waals surface area contributed by atoms with Crippen LogP contribution in [-0.2, 0) is 0 Å². The Kier molecular flexibility index (Phi) is 3.19. The monoisotopic (exact) mass is 243 g/mol. The van der Waals surface area contributed by atoms with Gasteiger partial charge in [-0.2, -0.15) is 0 Å². The molecule has 1 aliphatic carbocycles. The summed E-state index contributed by atoms with van der Waals surface area (Å²) in [6.07, 6.45) is 7.13. The van der Waals surface area contributed by atoms with Crippen molar-refractivity contribution in [3.8, 4) is 0 Å². The van der Waals surface area contributed by atoms with E-state index in [1.807, 2.05) is 0 Å². The fraction of sp³-hybridized carbons (Fsp3) is 0.647. The summed E-state index contributed by atoms with van der Waals surface area (Å²) in [4.78, 5) is 2.78. The second kappa shape index (κ2) is 4.70. The van der Waals surface area contributed by atoms with Crippen LogP contribution in [0, 0.1) is 5.92 Å². The lowest BCUT2D eigenvalue weighted by Crippen LogP contribution is -2.47. The minimum Gasteiger partial charge on any atom is -0.291 e. The molecule has 1 aliphatic heterocycles. The van der Waals surface area contributed by atoms with E-state index in [0.717, 1.165) is 5.92 Å². The van der Waals surface area contributed by atoms with E-state index >= 15 is 0 Å². The predicted octanol–water partition coefficient (Wildman–Crippen LogP) is 4.40. The molecular weight excluding hydrogens is 218 g/mol. The van der Waals surface area contributed by atoms with E-state index in [9.17, 15) is 0 Å². The van der Waals surface area contributed by atoms with Crippen LogP contribution in [0.4, 0.5) is 0 Å². The fourth-order valence-electron chi connectivity index (χ4n) is 4.32. The molecule has 3 rings (SSSR count). The smallest absolute Gasteiger partial charge is 0.0325 e. The average Bonchev–Trinajstić information content (AvgIpc) is 2.76. The lowest BCUT2D eigenvalue weighted by molar-refractivity contribution is 0.0496. The maximum absolute atomic E-state index is 2.78. The van der Waals surface area contributed by atoms with E-state index in [1.54, 1.807) is 0 Å². The third kappa shape index (κ3) is 1.89. The molecule has 1 heterocycles. The van der Waals surface area contributed by atoms with Crippen LogP contribution in [0.25, 0.3) is 0 Å². The molecule has 98 valence electrons. The van der Waals surface area contributed by atoms with Crippen molar-refractivity contribution in [1.29, 1.82) is 0 Å². The molecule has 0 N–H and O–H groups in total. The molecule has 18 heavy (non-hydrogen) atoms. The molecule has 0 spiro atoms. The Hall–Kier alpha value is -0.820. The quantitative estimate of drug-likeness (QED) is 0.744. The molecular formula is C17H25N. The van der Waals surface area contributed by atoms with Crippen LogP contribution >= 0.6 is 0 Å². The Labute approximate surface area is 111 Å². The molecule has 2 fully saturated rings. The standard InChI is InChI=1S/C17H25N/c1-14(15-8-4-3-5-9-15)18-13-11-16-10-6-7-12-17(16,18)2/h3-5,8-9,14,16H,6-7,10-13H2,1-2H3/t14?,16-,17-/m0/s1. The van der Waals surface area contributed by atoms with Gasteiger partial charge in [0.15, 0.2) is 0 Å². The van der Waals surface area contributed by atoms with Crippen LogP contribution < -0.4 is 0 Å². The van der Waals surface area contributed by atoms with Crippen molar-refractivity contribution >= 4 is 0 Å². The number of rotatable bonds is 2. The van der Waals surface area contributed by atoms with Gasteiger partial charge in [0.05, 0.1) is 0 Å². The summed E-state index contributed by atoms with van der Waals surface area (Å²) >= 11 is 0. The van der Waals surface area contributed by atoms with Crippen molar-refractivity contribution in [1.82, 2.24) is 4.90 Å². The van der Waals surface area contributed by atoms with Gasteiger partial charge in [0.1, 0.15) is 0 Å². The molecule has 0 radical (unpaired) electrons. The highest BCUT2D eigenvalue weighted by molar-refractivity contribution is 5.20. The number of fused-ring (bicyclic) bond motifs is 1. The van der Waals surface area contributed by atoms with Crippen molar-refractivity contribution in [2.24, 2.45) is 5.92 Å². The Morgan fingerprint density at radius 2 is 1.94 bits per heavy atom. The number of nitrogens with zero attached hydrogens (tertiary/aromatic N) is 1. The van der Waals surface area contributed by atoms with Gasteiger partial charge in [-0.3, -0.25) is 4.90 Å². The highest BCUT2D eigenvalue weighted by atomic mass is 15.2. The summed E-state index contributed by atoms with van der Waals surface area (Å²) in [7, 11) is 0. The van der Waals surface area contributed by atoms with Crippen LogP contribution in [0.3, 0.4) is 0 Å². The van der Waals surface area contributed by atoms with Gasteiger partial charge in [0.25, 0.3) is 0 Å². The van der Waals surface area contributed by atoms with E-state index in [-0.39, 0.29) is 0 Å². The maximum atomic E-state index is 2.78. The number of hydrogen-bond donors (Lipinski definition) is 0. The highest BCUT2D eigenvalue weighted by Gasteiger charge is 2.47. The zero-order valence-electron chi connectivity index (χ0n) is 11.7. The third-order valence-electron chi connectivity index (χ3n) is 5.49. The molecule has 1 heteroatoms. The molecule has 0 aromatic heterocycles. The zero-order chi connectivity index (χ0) is 12.6. The first-order valence-electron chi connectivity index (χ1n) is 7.53. The van der Waals surface area contributed by atoms with Crippen LogP contribution in [0.2, 0.25) is 0 Å². The maximum Gasteiger partial charge on any atom is 0.0325 e. The minimum absolute atomic E-state index is 0.466. The second-order valence-electron chi connectivity index (χ2n) is 6.37. The Bertz CT molecular complexity index is 399. The summed E-state index contributed by atoms with van der Waals surface area (Å²) in [6.45, 7) is 6.19.